The van der Waals surface area contributed by atoms with Crippen LogP contribution in [0.25, 0.3) is 6.08 Å². The number of hydrogen-bond donors (Lipinski definition) is 0. The van der Waals surface area contributed by atoms with Crippen LogP contribution in [0.4, 0.5) is 5.69 Å². The van der Waals surface area contributed by atoms with Crippen LogP contribution in [-0.4, -0.2) is 28.3 Å². The molecule has 5 heteroatoms. The van der Waals surface area contributed by atoms with Gasteiger partial charge in [0, 0.05) is 29.8 Å². The number of hydrogen-bond acceptors (Lipinski definition) is 3. The van der Waals surface area contributed by atoms with E-state index in [1.807, 2.05) is 57.2 Å². The smallest absolute Gasteiger partial charge is 0.273 e. The first-order chi connectivity index (χ1) is 12.3. The number of nitro groups is 1. The van der Waals surface area contributed by atoms with Crippen LogP contribution in [0.3, 0.4) is 0 Å². The Bertz CT molecular complexity index is 826. The molecule has 1 amide bonds. The van der Waals surface area contributed by atoms with Crippen molar-refractivity contribution < 1.29 is 9.72 Å². The van der Waals surface area contributed by atoms with Crippen LogP contribution in [0.15, 0.2) is 54.1 Å². The molecule has 26 heavy (non-hydrogen) atoms. The summed E-state index contributed by atoms with van der Waals surface area (Å²) in [7, 11) is 0. The van der Waals surface area contributed by atoms with Crippen LogP contribution in [0.1, 0.15) is 42.3 Å². The zero-order chi connectivity index (χ0) is 19.3. The summed E-state index contributed by atoms with van der Waals surface area (Å²) in [6.07, 6.45) is 2.04. The molecule has 0 atom stereocenters. The molecule has 0 unspecified atom stereocenters. The highest BCUT2D eigenvalue weighted by molar-refractivity contribution is 5.95. The SMILES string of the molecule is C/C(=C\c1ccccc1)CN(C(=O)c1ccc(C)c([N+](=O)[O-])c1)C(C)C. The second kappa shape index (κ2) is 8.43. The Kier molecular flexibility index (Phi) is 6.28. The lowest BCUT2D eigenvalue weighted by atomic mass is 10.1. The summed E-state index contributed by atoms with van der Waals surface area (Å²) < 4.78 is 0. The van der Waals surface area contributed by atoms with Crippen LogP contribution < -0.4 is 0 Å². The molecule has 0 aliphatic carbocycles. The van der Waals surface area contributed by atoms with Crippen LogP contribution in [0, 0.1) is 17.0 Å². The fourth-order valence-electron chi connectivity index (χ4n) is 2.74. The summed E-state index contributed by atoms with van der Waals surface area (Å²) in [6, 6.07) is 14.5. The maximum absolute atomic E-state index is 12.9. The third-order valence-electron chi connectivity index (χ3n) is 4.17. The monoisotopic (exact) mass is 352 g/mol. The maximum Gasteiger partial charge on any atom is 0.273 e. The average molecular weight is 352 g/mol. The number of benzene rings is 2. The third-order valence-corrected chi connectivity index (χ3v) is 4.17. The normalized spacial score (nSPS) is 11.5. The van der Waals surface area contributed by atoms with Gasteiger partial charge in [-0.05, 0) is 39.3 Å². The Balaban J connectivity index is 2.27. The largest absolute Gasteiger partial charge is 0.332 e. The van der Waals surface area contributed by atoms with E-state index in [1.54, 1.807) is 24.0 Å². The van der Waals surface area contributed by atoms with Crippen molar-refractivity contribution in [3.8, 4) is 0 Å². The molecule has 0 N–H and O–H groups in total. The Morgan fingerprint density at radius 2 is 1.85 bits per heavy atom. The molecule has 0 fully saturated rings. The Morgan fingerprint density at radius 3 is 2.42 bits per heavy atom. The van der Waals surface area contributed by atoms with Gasteiger partial charge in [-0.25, -0.2) is 0 Å². The number of carbonyl (C=O) groups is 1. The molecule has 0 heterocycles. The van der Waals surface area contributed by atoms with Gasteiger partial charge in [0.25, 0.3) is 11.6 Å². The number of rotatable bonds is 6. The summed E-state index contributed by atoms with van der Waals surface area (Å²) in [5, 5.41) is 11.2. The topological polar surface area (TPSA) is 63.5 Å². The summed E-state index contributed by atoms with van der Waals surface area (Å²) in [4.78, 5) is 25.4. The zero-order valence-corrected chi connectivity index (χ0v) is 15.6. The molecule has 0 aliphatic rings. The number of nitrogens with zero attached hydrogens (tertiary/aromatic N) is 2. The lowest BCUT2D eigenvalue weighted by Gasteiger charge is -2.27. The second-order valence-corrected chi connectivity index (χ2v) is 6.69. The molecule has 5 nitrogen and oxygen atoms in total. The highest BCUT2D eigenvalue weighted by Crippen LogP contribution is 2.21. The number of nitro benzene ring substituents is 1. The molecular formula is C21H24N2O3. The highest BCUT2D eigenvalue weighted by Gasteiger charge is 2.22. The fraction of sp³-hybridized carbons (Fsp3) is 0.286. The van der Waals surface area contributed by atoms with E-state index in [0.717, 1.165) is 11.1 Å². The average Bonchev–Trinajstić information content (AvgIpc) is 2.60. The van der Waals surface area contributed by atoms with E-state index in [2.05, 4.69) is 0 Å². The van der Waals surface area contributed by atoms with Gasteiger partial charge in [0.2, 0.25) is 0 Å². The molecule has 0 saturated carbocycles. The summed E-state index contributed by atoms with van der Waals surface area (Å²) in [6.45, 7) is 7.99. The molecule has 0 spiro atoms. The molecule has 2 rings (SSSR count). The predicted molar refractivity (Wildman–Crippen MR) is 104 cm³/mol. The number of carbonyl (C=O) groups excluding carboxylic acids is 1. The molecule has 0 aliphatic heterocycles. The van der Waals surface area contributed by atoms with E-state index in [9.17, 15) is 14.9 Å². The minimum Gasteiger partial charge on any atom is -0.332 e. The van der Waals surface area contributed by atoms with E-state index in [-0.39, 0.29) is 17.6 Å². The Morgan fingerprint density at radius 1 is 1.19 bits per heavy atom. The third kappa shape index (κ3) is 4.79. The Hall–Kier alpha value is -2.95. The van der Waals surface area contributed by atoms with Gasteiger partial charge in [-0.15, -0.1) is 0 Å². The van der Waals surface area contributed by atoms with Gasteiger partial charge in [-0.3, -0.25) is 14.9 Å². The fourth-order valence-corrected chi connectivity index (χ4v) is 2.74. The van der Waals surface area contributed by atoms with Crippen molar-refractivity contribution >= 4 is 17.7 Å². The zero-order valence-electron chi connectivity index (χ0n) is 15.6. The van der Waals surface area contributed by atoms with Gasteiger partial charge < -0.3 is 4.90 Å². The van der Waals surface area contributed by atoms with Crippen molar-refractivity contribution in [2.75, 3.05) is 6.54 Å². The molecule has 0 saturated heterocycles. The molecule has 0 aromatic heterocycles. The van der Waals surface area contributed by atoms with Crippen molar-refractivity contribution in [2.45, 2.75) is 33.7 Å². The predicted octanol–water partition coefficient (Wildman–Crippen LogP) is 4.86. The van der Waals surface area contributed by atoms with Crippen LogP contribution >= 0.6 is 0 Å². The van der Waals surface area contributed by atoms with Crippen LogP contribution in [-0.2, 0) is 0 Å². The van der Waals surface area contributed by atoms with E-state index in [4.69, 9.17) is 0 Å². The van der Waals surface area contributed by atoms with Gasteiger partial charge in [-0.1, -0.05) is 48.0 Å². The van der Waals surface area contributed by atoms with Gasteiger partial charge in [0.05, 0.1) is 4.92 Å². The second-order valence-electron chi connectivity index (χ2n) is 6.69. The van der Waals surface area contributed by atoms with Gasteiger partial charge in [0.1, 0.15) is 0 Å². The van der Waals surface area contributed by atoms with E-state index < -0.39 is 4.92 Å². The van der Waals surface area contributed by atoms with Crippen molar-refractivity contribution in [2.24, 2.45) is 0 Å². The van der Waals surface area contributed by atoms with E-state index >= 15 is 0 Å². The van der Waals surface area contributed by atoms with Crippen LogP contribution in [0.5, 0.6) is 0 Å². The minimum absolute atomic E-state index is 0.0259. The summed E-state index contributed by atoms with van der Waals surface area (Å²) in [5.41, 5.74) is 2.97. The van der Waals surface area contributed by atoms with Crippen molar-refractivity contribution in [3.05, 3.63) is 80.9 Å². The van der Waals surface area contributed by atoms with E-state index in [0.29, 0.717) is 17.7 Å². The first-order valence-electron chi connectivity index (χ1n) is 8.58. The van der Waals surface area contributed by atoms with Crippen molar-refractivity contribution in [1.82, 2.24) is 4.90 Å². The van der Waals surface area contributed by atoms with Gasteiger partial charge >= 0.3 is 0 Å². The molecule has 0 bridgehead atoms. The molecule has 0 radical (unpaired) electrons. The standard InChI is InChI=1S/C21H24N2O3/c1-15(2)22(14-16(3)12-18-8-6-5-7-9-18)21(24)19-11-10-17(4)20(13-19)23(25)26/h5-13,15H,14H2,1-4H3/b16-12+. The van der Waals surface area contributed by atoms with Crippen molar-refractivity contribution in [3.63, 3.8) is 0 Å². The highest BCUT2D eigenvalue weighted by atomic mass is 16.6. The quantitative estimate of drug-likeness (QED) is 0.551. The minimum atomic E-state index is -0.452. The summed E-state index contributed by atoms with van der Waals surface area (Å²) >= 11 is 0. The van der Waals surface area contributed by atoms with Gasteiger partial charge in [-0.2, -0.15) is 0 Å². The first-order valence-corrected chi connectivity index (χ1v) is 8.58. The maximum atomic E-state index is 12.9. The molecule has 2 aromatic rings. The molecule has 2 aromatic carbocycles. The lowest BCUT2D eigenvalue weighted by molar-refractivity contribution is -0.385. The first kappa shape index (κ1) is 19.4. The number of amides is 1. The lowest BCUT2D eigenvalue weighted by Crippen LogP contribution is -2.38. The number of aryl methyl sites for hydroxylation is 1. The van der Waals surface area contributed by atoms with Gasteiger partial charge in [0.15, 0.2) is 0 Å². The van der Waals surface area contributed by atoms with E-state index in [1.165, 1.54) is 6.07 Å². The molecule has 136 valence electrons. The Labute approximate surface area is 154 Å². The molecular weight excluding hydrogens is 328 g/mol. The van der Waals surface area contributed by atoms with Crippen molar-refractivity contribution in [1.29, 1.82) is 0 Å². The summed E-state index contributed by atoms with van der Waals surface area (Å²) in [5.74, 6) is -0.205. The van der Waals surface area contributed by atoms with Crippen LogP contribution in [0.2, 0.25) is 0 Å².